The van der Waals surface area contributed by atoms with Crippen LogP contribution in [0.3, 0.4) is 0 Å². The second-order valence-corrected chi connectivity index (χ2v) is 4.13. The minimum atomic E-state index is 0.756. The van der Waals surface area contributed by atoms with Crippen LogP contribution in [0.4, 0.5) is 0 Å². The van der Waals surface area contributed by atoms with E-state index in [1.165, 1.54) is 9.75 Å². The molecular formula is C10H17NOS. The highest BCUT2D eigenvalue weighted by Crippen LogP contribution is 2.17. The predicted octanol–water partition coefficient (Wildman–Crippen LogP) is 2.05. The van der Waals surface area contributed by atoms with Crippen LogP contribution >= 0.6 is 11.3 Å². The first-order chi connectivity index (χ1) is 6.36. The number of thiophene rings is 1. The number of ether oxygens (including phenoxy) is 1. The molecule has 0 aliphatic heterocycles. The molecule has 1 rings (SSSR count). The Bertz CT molecular complexity index is 235. The van der Waals surface area contributed by atoms with Crippen LogP contribution in [0.15, 0.2) is 12.1 Å². The third-order valence-corrected chi connectivity index (χ3v) is 3.01. The zero-order valence-corrected chi connectivity index (χ0v) is 9.12. The molecule has 0 saturated carbocycles. The molecular weight excluding hydrogens is 182 g/mol. The quantitative estimate of drug-likeness (QED) is 0.708. The van der Waals surface area contributed by atoms with Gasteiger partial charge in [-0.1, -0.05) is 6.92 Å². The Balaban J connectivity index is 2.20. The van der Waals surface area contributed by atoms with Gasteiger partial charge in [0, 0.05) is 16.3 Å². The first kappa shape index (κ1) is 10.7. The van der Waals surface area contributed by atoms with Crippen LogP contribution in [0, 0.1) is 0 Å². The summed E-state index contributed by atoms with van der Waals surface area (Å²) in [5.74, 6) is 0. The third kappa shape index (κ3) is 3.89. The van der Waals surface area contributed by atoms with Gasteiger partial charge in [-0.3, -0.25) is 0 Å². The normalized spacial score (nSPS) is 10.6. The number of hydrogen-bond acceptors (Lipinski definition) is 3. The molecule has 2 nitrogen and oxygen atoms in total. The van der Waals surface area contributed by atoms with Gasteiger partial charge in [0.1, 0.15) is 0 Å². The van der Waals surface area contributed by atoms with E-state index >= 15 is 0 Å². The molecule has 3 heteroatoms. The van der Waals surface area contributed by atoms with Crippen molar-refractivity contribution < 1.29 is 4.74 Å². The van der Waals surface area contributed by atoms with Gasteiger partial charge in [0.25, 0.3) is 0 Å². The smallest absolute Gasteiger partial charge is 0.0810 e. The Labute approximate surface area is 83.9 Å². The zero-order chi connectivity index (χ0) is 9.52. The van der Waals surface area contributed by atoms with Crippen LogP contribution in [0.25, 0.3) is 0 Å². The highest BCUT2D eigenvalue weighted by atomic mass is 32.1. The van der Waals surface area contributed by atoms with Crippen LogP contribution in [0.2, 0.25) is 0 Å². The Morgan fingerprint density at radius 2 is 2.15 bits per heavy atom. The summed E-state index contributed by atoms with van der Waals surface area (Å²) in [5.41, 5.74) is 0. The van der Waals surface area contributed by atoms with Gasteiger partial charge >= 0.3 is 0 Å². The summed E-state index contributed by atoms with van der Waals surface area (Å²) in [4.78, 5) is 2.76. The largest absolute Gasteiger partial charge is 0.375 e. The third-order valence-electron chi connectivity index (χ3n) is 1.81. The molecule has 0 atom stereocenters. The van der Waals surface area contributed by atoms with E-state index in [0.717, 1.165) is 26.2 Å². The lowest BCUT2D eigenvalue weighted by Gasteiger charge is -2.00. The zero-order valence-electron chi connectivity index (χ0n) is 8.30. The van der Waals surface area contributed by atoms with Gasteiger partial charge < -0.3 is 10.1 Å². The van der Waals surface area contributed by atoms with Gasteiger partial charge in [0.2, 0.25) is 0 Å². The van der Waals surface area contributed by atoms with Crippen molar-refractivity contribution in [3.8, 4) is 0 Å². The maximum atomic E-state index is 5.47. The van der Waals surface area contributed by atoms with Crippen molar-refractivity contribution in [3.05, 3.63) is 21.9 Å². The molecule has 1 aromatic rings. The molecule has 0 aliphatic carbocycles. The first-order valence-corrected chi connectivity index (χ1v) is 5.48. The number of rotatable bonds is 6. The Morgan fingerprint density at radius 1 is 1.38 bits per heavy atom. The van der Waals surface area contributed by atoms with Crippen molar-refractivity contribution in [2.75, 3.05) is 20.2 Å². The van der Waals surface area contributed by atoms with E-state index in [9.17, 15) is 0 Å². The maximum absolute atomic E-state index is 5.47. The summed E-state index contributed by atoms with van der Waals surface area (Å²) in [6, 6.07) is 4.34. The highest BCUT2D eigenvalue weighted by molar-refractivity contribution is 7.11. The van der Waals surface area contributed by atoms with Crippen molar-refractivity contribution in [1.82, 2.24) is 5.32 Å². The van der Waals surface area contributed by atoms with Crippen LogP contribution in [-0.4, -0.2) is 20.2 Å². The molecule has 0 unspecified atom stereocenters. The van der Waals surface area contributed by atoms with Gasteiger partial charge in [0.15, 0.2) is 0 Å². The lowest BCUT2D eigenvalue weighted by Crippen LogP contribution is -2.13. The second kappa shape index (κ2) is 6.13. The molecule has 0 amide bonds. The molecule has 13 heavy (non-hydrogen) atoms. The maximum Gasteiger partial charge on any atom is 0.0810 e. The van der Waals surface area contributed by atoms with E-state index in [4.69, 9.17) is 4.74 Å². The minimum absolute atomic E-state index is 0.756. The number of aryl methyl sites for hydroxylation is 1. The van der Waals surface area contributed by atoms with Gasteiger partial charge in [-0.25, -0.2) is 0 Å². The molecule has 1 aromatic heterocycles. The summed E-state index contributed by atoms with van der Waals surface area (Å²) in [6.07, 6.45) is 1.13. The molecule has 0 saturated heterocycles. The Hall–Kier alpha value is -0.380. The van der Waals surface area contributed by atoms with Gasteiger partial charge in [-0.05, 0) is 25.6 Å². The summed E-state index contributed by atoms with van der Waals surface area (Å²) in [7, 11) is 1.93. The summed E-state index contributed by atoms with van der Waals surface area (Å²) in [5, 5.41) is 3.05. The lowest BCUT2D eigenvalue weighted by atomic mass is 10.4. The van der Waals surface area contributed by atoms with E-state index in [2.05, 4.69) is 24.4 Å². The predicted molar refractivity (Wildman–Crippen MR) is 57.3 cm³/mol. The Morgan fingerprint density at radius 3 is 2.77 bits per heavy atom. The molecule has 74 valence electrons. The highest BCUT2D eigenvalue weighted by Gasteiger charge is 1.97. The molecule has 1 heterocycles. The van der Waals surface area contributed by atoms with E-state index in [0.29, 0.717) is 0 Å². The first-order valence-electron chi connectivity index (χ1n) is 4.66. The Kier molecular flexibility index (Phi) is 5.05. The molecule has 0 spiro atoms. The second-order valence-electron chi connectivity index (χ2n) is 2.88. The topological polar surface area (TPSA) is 21.3 Å². The molecule has 0 bridgehead atoms. The fourth-order valence-corrected chi connectivity index (χ4v) is 1.93. The van der Waals surface area contributed by atoms with E-state index < -0.39 is 0 Å². The van der Waals surface area contributed by atoms with E-state index in [1.807, 2.05) is 18.4 Å². The van der Waals surface area contributed by atoms with Crippen molar-refractivity contribution in [2.24, 2.45) is 0 Å². The van der Waals surface area contributed by atoms with E-state index in [1.54, 1.807) is 0 Å². The lowest BCUT2D eigenvalue weighted by molar-refractivity contribution is 0.126. The van der Waals surface area contributed by atoms with Crippen molar-refractivity contribution in [1.29, 1.82) is 0 Å². The summed E-state index contributed by atoms with van der Waals surface area (Å²) >= 11 is 1.85. The van der Waals surface area contributed by atoms with E-state index in [-0.39, 0.29) is 0 Å². The van der Waals surface area contributed by atoms with Crippen molar-refractivity contribution in [3.63, 3.8) is 0 Å². The van der Waals surface area contributed by atoms with Crippen LogP contribution in [-0.2, 0) is 17.8 Å². The van der Waals surface area contributed by atoms with Gasteiger partial charge in [0.05, 0.1) is 13.2 Å². The fraction of sp³-hybridized carbons (Fsp3) is 0.600. The van der Waals surface area contributed by atoms with Crippen molar-refractivity contribution >= 4 is 11.3 Å². The molecule has 0 radical (unpaired) electrons. The van der Waals surface area contributed by atoms with Crippen LogP contribution in [0.1, 0.15) is 16.7 Å². The monoisotopic (exact) mass is 199 g/mol. The van der Waals surface area contributed by atoms with Crippen LogP contribution < -0.4 is 5.32 Å². The SMILES string of the molecule is CCc1ccc(COCCNC)s1. The van der Waals surface area contributed by atoms with Crippen molar-refractivity contribution in [2.45, 2.75) is 20.0 Å². The van der Waals surface area contributed by atoms with Gasteiger partial charge in [-0.2, -0.15) is 0 Å². The number of hydrogen-bond donors (Lipinski definition) is 1. The number of nitrogens with one attached hydrogen (secondary N) is 1. The summed E-state index contributed by atoms with van der Waals surface area (Å²) < 4.78 is 5.47. The fourth-order valence-electron chi connectivity index (χ4n) is 1.04. The molecule has 0 aromatic carbocycles. The standard InChI is InChI=1S/C10H17NOS/c1-3-9-4-5-10(13-9)8-12-7-6-11-2/h4-5,11H,3,6-8H2,1-2H3. The summed E-state index contributed by atoms with van der Waals surface area (Å²) in [6.45, 7) is 4.64. The average molecular weight is 199 g/mol. The molecule has 1 N–H and O–H groups in total. The molecule has 0 aliphatic rings. The van der Waals surface area contributed by atoms with Crippen LogP contribution in [0.5, 0.6) is 0 Å². The average Bonchev–Trinajstić information content (AvgIpc) is 2.60. The minimum Gasteiger partial charge on any atom is -0.375 e. The number of likely N-dealkylation sites (N-methyl/N-ethyl adjacent to an activating group) is 1. The van der Waals surface area contributed by atoms with Gasteiger partial charge in [-0.15, -0.1) is 11.3 Å². The molecule has 0 fully saturated rings.